The molecule has 0 unspecified atom stereocenters. The monoisotopic (exact) mass is 322 g/mol. The fraction of sp³-hybridized carbons (Fsp3) is 0. The van der Waals surface area contributed by atoms with Crippen molar-refractivity contribution in [3.05, 3.63) is 53.1 Å². The first-order chi connectivity index (χ1) is 9.31. The van der Waals surface area contributed by atoms with E-state index in [4.69, 9.17) is 11.6 Å². The Kier molecular flexibility index (Phi) is 3.87. The van der Waals surface area contributed by atoms with Gasteiger partial charge >= 0.3 is 0 Å². The highest BCUT2D eigenvalue weighted by molar-refractivity contribution is 7.92. The number of anilines is 1. The van der Waals surface area contributed by atoms with Gasteiger partial charge in [-0.3, -0.25) is 9.71 Å². The molecule has 0 amide bonds. The van der Waals surface area contributed by atoms with Gasteiger partial charge in [-0.15, -0.1) is 0 Å². The maximum atomic E-state index is 13.0. The van der Waals surface area contributed by atoms with E-state index in [1.54, 1.807) is 0 Å². The summed E-state index contributed by atoms with van der Waals surface area (Å²) in [6, 6.07) is 2.27. The van der Waals surface area contributed by atoms with Crippen molar-refractivity contribution < 1.29 is 21.6 Å². The van der Waals surface area contributed by atoms with Crippen LogP contribution in [-0.2, 0) is 10.0 Å². The van der Waals surface area contributed by atoms with E-state index in [0.29, 0.717) is 12.1 Å². The van der Waals surface area contributed by atoms with Crippen molar-refractivity contribution >= 4 is 27.3 Å². The minimum atomic E-state index is -4.19. The van der Waals surface area contributed by atoms with Gasteiger partial charge in [0.05, 0.1) is 10.7 Å². The molecule has 1 aromatic heterocycles. The molecule has 9 heteroatoms. The summed E-state index contributed by atoms with van der Waals surface area (Å²) in [5, 5.41) is -0.115. The first-order valence-corrected chi connectivity index (χ1v) is 6.94. The molecule has 2 aromatic rings. The van der Waals surface area contributed by atoms with Crippen LogP contribution in [0.3, 0.4) is 0 Å². The summed E-state index contributed by atoms with van der Waals surface area (Å²) >= 11 is 5.70. The van der Waals surface area contributed by atoms with E-state index in [0.717, 1.165) is 6.20 Å². The molecule has 0 radical (unpaired) electrons. The molecule has 0 saturated carbocycles. The quantitative estimate of drug-likeness (QED) is 0.884. The molecule has 0 aliphatic rings. The average Bonchev–Trinajstić information content (AvgIpc) is 2.35. The predicted molar refractivity (Wildman–Crippen MR) is 66.4 cm³/mol. The largest absolute Gasteiger partial charge is 0.279 e. The average molecular weight is 323 g/mol. The van der Waals surface area contributed by atoms with Crippen LogP contribution in [0.5, 0.6) is 0 Å². The maximum absolute atomic E-state index is 13.0. The third kappa shape index (κ3) is 2.86. The highest BCUT2D eigenvalue weighted by atomic mass is 35.5. The zero-order chi connectivity index (χ0) is 14.9. The van der Waals surface area contributed by atoms with E-state index in [9.17, 15) is 21.6 Å². The number of pyridine rings is 1. The van der Waals surface area contributed by atoms with Crippen molar-refractivity contribution in [1.82, 2.24) is 4.98 Å². The van der Waals surface area contributed by atoms with Crippen LogP contribution in [0.25, 0.3) is 0 Å². The van der Waals surface area contributed by atoms with Crippen molar-refractivity contribution in [2.75, 3.05) is 4.72 Å². The number of aromatic nitrogens is 1. The van der Waals surface area contributed by atoms with E-state index in [2.05, 4.69) is 4.98 Å². The minimum Gasteiger partial charge on any atom is -0.279 e. The van der Waals surface area contributed by atoms with Crippen LogP contribution in [0.1, 0.15) is 0 Å². The SMILES string of the molecule is O=S(=O)(Nc1cc(F)c(F)c(F)c1)c1cnccc1Cl. The fourth-order valence-electron chi connectivity index (χ4n) is 1.39. The van der Waals surface area contributed by atoms with Gasteiger partial charge in [0.2, 0.25) is 0 Å². The summed E-state index contributed by atoms with van der Waals surface area (Å²) in [6.45, 7) is 0. The number of benzene rings is 1. The van der Waals surface area contributed by atoms with Gasteiger partial charge < -0.3 is 0 Å². The fourth-order valence-corrected chi connectivity index (χ4v) is 2.86. The summed E-state index contributed by atoms with van der Waals surface area (Å²) in [5.41, 5.74) is -0.471. The van der Waals surface area contributed by atoms with Gasteiger partial charge in [-0.2, -0.15) is 0 Å². The minimum absolute atomic E-state index is 0.115. The Labute approximate surface area is 117 Å². The highest BCUT2D eigenvalue weighted by Gasteiger charge is 2.20. The molecular formula is C11H6ClF3N2O2S. The van der Waals surface area contributed by atoms with E-state index >= 15 is 0 Å². The number of hydrogen-bond acceptors (Lipinski definition) is 3. The number of sulfonamides is 1. The second-order valence-electron chi connectivity index (χ2n) is 3.67. The van der Waals surface area contributed by atoms with Crippen LogP contribution < -0.4 is 4.72 Å². The smallest absolute Gasteiger partial charge is 0.264 e. The maximum Gasteiger partial charge on any atom is 0.264 e. The summed E-state index contributed by atoms with van der Waals surface area (Å²) in [4.78, 5) is 3.22. The lowest BCUT2D eigenvalue weighted by Gasteiger charge is -2.09. The standard InChI is InChI=1S/C11H6ClF3N2O2S/c12-7-1-2-16-5-10(7)20(18,19)17-6-3-8(13)11(15)9(14)4-6/h1-5,17H. The molecule has 0 aliphatic carbocycles. The second kappa shape index (κ2) is 5.29. The number of rotatable bonds is 3. The van der Waals surface area contributed by atoms with Crippen molar-refractivity contribution in [2.45, 2.75) is 4.90 Å². The van der Waals surface area contributed by atoms with Gasteiger partial charge in [0.25, 0.3) is 10.0 Å². The third-order valence-electron chi connectivity index (χ3n) is 2.26. The van der Waals surface area contributed by atoms with Crippen LogP contribution >= 0.6 is 11.6 Å². The Morgan fingerprint density at radius 3 is 2.30 bits per heavy atom. The molecule has 4 nitrogen and oxygen atoms in total. The molecule has 0 fully saturated rings. The molecule has 0 spiro atoms. The molecule has 20 heavy (non-hydrogen) atoms. The molecule has 0 aliphatic heterocycles. The van der Waals surface area contributed by atoms with Crippen molar-refractivity contribution in [3.63, 3.8) is 0 Å². The number of nitrogens with zero attached hydrogens (tertiary/aromatic N) is 1. The third-order valence-corrected chi connectivity index (χ3v) is 4.11. The molecule has 0 bridgehead atoms. The van der Waals surface area contributed by atoms with E-state index in [1.807, 2.05) is 4.72 Å². The van der Waals surface area contributed by atoms with Crippen LogP contribution in [0, 0.1) is 17.5 Å². The molecule has 0 atom stereocenters. The lowest BCUT2D eigenvalue weighted by molar-refractivity contribution is 0.448. The van der Waals surface area contributed by atoms with Gasteiger partial charge in [-0.1, -0.05) is 11.6 Å². The van der Waals surface area contributed by atoms with Crippen molar-refractivity contribution in [2.24, 2.45) is 0 Å². The van der Waals surface area contributed by atoms with E-state index in [-0.39, 0.29) is 9.92 Å². The lowest BCUT2D eigenvalue weighted by atomic mass is 10.3. The lowest BCUT2D eigenvalue weighted by Crippen LogP contribution is -2.14. The Balaban J connectivity index is 2.42. The first-order valence-electron chi connectivity index (χ1n) is 5.08. The normalized spacial score (nSPS) is 11.4. The molecular weight excluding hydrogens is 317 g/mol. The Morgan fingerprint density at radius 2 is 1.75 bits per heavy atom. The summed E-state index contributed by atoms with van der Waals surface area (Å²) < 4.78 is 64.6. The van der Waals surface area contributed by atoms with Gasteiger partial charge in [-0.25, -0.2) is 21.6 Å². The molecule has 1 aromatic carbocycles. The highest BCUT2D eigenvalue weighted by Crippen LogP contribution is 2.24. The first kappa shape index (κ1) is 14.6. The molecule has 1 N–H and O–H groups in total. The van der Waals surface area contributed by atoms with E-state index < -0.39 is 33.2 Å². The Bertz CT molecular complexity index is 745. The van der Waals surface area contributed by atoms with Crippen LogP contribution in [-0.4, -0.2) is 13.4 Å². The Hall–Kier alpha value is -1.80. The molecule has 0 saturated heterocycles. The van der Waals surface area contributed by atoms with Crippen molar-refractivity contribution in [1.29, 1.82) is 0 Å². The van der Waals surface area contributed by atoms with Crippen LogP contribution in [0.15, 0.2) is 35.5 Å². The van der Waals surface area contributed by atoms with Gasteiger partial charge in [-0.05, 0) is 6.07 Å². The number of halogens is 4. The number of hydrogen-bond donors (Lipinski definition) is 1. The topological polar surface area (TPSA) is 59.1 Å². The summed E-state index contributed by atoms with van der Waals surface area (Å²) in [6.07, 6.45) is 2.25. The van der Waals surface area contributed by atoms with Crippen LogP contribution in [0.2, 0.25) is 5.02 Å². The molecule has 106 valence electrons. The van der Waals surface area contributed by atoms with Gasteiger partial charge in [0.1, 0.15) is 4.90 Å². The summed E-state index contributed by atoms with van der Waals surface area (Å²) in [7, 11) is -4.19. The predicted octanol–water partition coefficient (Wildman–Crippen LogP) is 2.95. The number of nitrogens with one attached hydrogen (secondary N) is 1. The van der Waals surface area contributed by atoms with Gasteiger partial charge in [0, 0.05) is 24.5 Å². The zero-order valence-electron chi connectivity index (χ0n) is 9.57. The van der Waals surface area contributed by atoms with Gasteiger partial charge in [0.15, 0.2) is 17.5 Å². The molecule has 2 rings (SSSR count). The Morgan fingerprint density at radius 1 is 1.15 bits per heavy atom. The second-order valence-corrected chi connectivity index (χ2v) is 5.72. The van der Waals surface area contributed by atoms with Crippen molar-refractivity contribution in [3.8, 4) is 0 Å². The molecule has 1 heterocycles. The zero-order valence-corrected chi connectivity index (χ0v) is 11.1. The summed E-state index contributed by atoms with van der Waals surface area (Å²) in [5.74, 6) is -4.72. The van der Waals surface area contributed by atoms with E-state index in [1.165, 1.54) is 12.3 Å². The van der Waals surface area contributed by atoms with Crippen LogP contribution in [0.4, 0.5) is 18.9 Å².